The number of halogens is 1. The molecule has 1 amide bonds. The fraction of sp³-hybridized carbons (Fsp3) is 0.259. The number of piperidine rings is 1. The van der Waals surface area contributed by atoms with Gasteiger partial charge in [0.1, 0.15) is 11.6 Å². The summed E-state index contributed by atoms with van der Waals surface area (Å²) in [5, 5.41) is 0. The van der Waals surface area contributed by atoms with Crippen LogP contribution in [0.15, 0.2) is 67.0 Å². The zero-order valence-electron chi connectivity index (χ0n) is 18.9. The molecule has 0 radical (unpaired) electrons. The molecule has 6 rings (SSSR count). The normalized spacial score (nSPS) is 19.6. The summed E-state index contributed by atoms with van der Waals surface area (Å²) in [4.78, 5) is 31.4. The van der Waals surface area contributed by atoms with Crippen LogP contribution in [0.25, 0.3) is 22.3 Å². The Bertz CT molecular complexity index is 1390. The molecule has 2 atom stereocenters. The standard InChI is InChI=1S/C27H24FN5O/c1-17-5-7-20(22-4-2-3-10-29-22)21(12-17)27(34)33-15-18-9-11-32(16-25(18)33)26-14-30-24-13-19(28)6-8-23(24)31-26/h2-8,10,12-14,18,25H,9,11,15-16H2,1H3/t18-,25-/m1/s1. The monoisotopic (exact) mass is 453 g/mol. The van der Waals surface area contributed by atoms with Gasteiger partial charge >= 0.3 is 0 Å². The third-order valence-electron chi connectivity index (χ3n) is 6.98. The quantitative estimate of drug-likeness (QED) is 0.457. The Morgan fingerprint density at radius 3 is 2.79 bits per heavy atom. The number of nitrogens with zero attached hydrogens (tertiary/aromatic N) is 5. The minimum absolute atomic E-state index is 0.0486. The Hall–Kier alpha value is -3.87. The Balaban J connectivity index is 1.26. The second-order valence-electron chi connectivity index (χ2n) is 9.14. The first-order valence-corrected chi connectivity index (χ1v) is 11.6. The van der Waals surface area contributed by atoms with Gasteiger partial charge in [0.05, 0.1) is 29.0 Å². The lowest BCUT2D eigenvalue weighted by Crippen LogP contribution is -2.65. The number of benzene rings is 2. The molecule has 6 nitrogen and oxygen atoms in total. The number of anilines is 1. The molecule has 2 aliphatic rings. The van der Waals surface area contributed by atoms with E-state index < -0.39 is 0 Å². The highest BCUT2D eigenvalue weighted by molar-refractivity contribution is 6.01. The fourth-order valence-electron chi connectivity index (χ4n) is 5.10. The number of hydrogen-bond donors (Lipinski definition) is 0. The number of aromatic nitrogens is 3. The Morgan fingerprint density at radius 2 is 1.94 bits per heavy atom. The van der Waals surface area contributed by atoms with Crippen molar-refractivity contribution < 1.29 is 9.18 Å². The van der Waals surface area contributed by atoms with Crippen molar-refractivity contribution in [3.63, 3.8) is 0 Å². The highest BCUT2D eigenvalue weighted by Gasteiger charge is 2.45. The number of carbonyl (C=O) groups excluding carboxylic acids is 1. The summed E-state index contributed by atoms with van der Waals surface area (Å²) in [5.41, 5.74) is 4.62. The van der Waals surface area contributed by atoms with Crippen molar-refractivity contribution in [2.75, 3.05) is 24.5 Å². The van der Waals surface area contributed by atoms with E-state index in [-0.39, 0.29) is 17.8 Å². The molecule has 0 aliphatic carbocycles. The zero-order valence-corrected chi connectivity index (χ0v) is 18.9. The smallest absolute Gasteiger partial charge is 0.254 e. The number of fused-ring (bicyclic) bond motifs is 2. The van der Waals surface area contributed by atoms with Crippen molar-refractivity contribution in [2.24, 2.45) is 5.92 Å². The molecule has 2 aromatic heterocycles. The minimum atomic E-state index is -0.319. The molecule has 170 valence electrons. The van der Waals surface area contributed by atoms with Crippen LogP contribution in [0.1, 0.15) is 22.3 Å². The first-order chi connectivity index (χ1) is 16.6. The van der Waals surface area contributed by atoms with E-state index >= 15 is 0 Å². The summed E-state index contributed by atoms with van der Waals surface area (Å²) >= 11 is 0. The molecule has 2 saturated heterocycles. The van der Waals surface area contributed by atoms with Crippen LogP contribution in [-0.4, -0.2) is 51.4 Å². The lowest BCUT2D eigenvalue weighted by molar-refractivity contribution is 0.00786. The number of amides is 1. The van der Waals surface area contributed by atoms with Gasteiger partial charge in [0.15, 0.2) is 0 Å². The van der Waals surface area contributed by atoms with Gasteiger partial charge in [0.25, 0.3) is 5.91 Å². The van der Waals surface area contributed by atoms with Crippen molar-refractivity contribution in [3.8, 4) is 11.3 Å². The summed E-state index contributed by atoms with van der Waals surface area (Å²) < 4.78 is 13.5. The van der Waals surface area contributed by atoms with E-state index in [0.29, 0.717) is 29.1 Å². The summed E-state index contributed by atoms with van der Waals surface area (Å²) in [6.07, 6.45) is 4.45. The van der Waals surface area contributed by atoms with Gasteiger partial charge in [-0.15, -0.1) is 0 Å². The van der Waals surface area contributed by atoms with E-state index in [0.717, 1.165) is 42.1 Å². The van der Waals surface area contributed by atoms with Crippen LogP contribution in [0.5, 0.6) is 0 Å². The van der Waals surface area contributed by atoms with E-state index in [9.17, 15) is 9.18 Å². The first-order valence-electron chi connectivity index (χ1n) is 11.6. The highest BCUT2D eigenvalue weighted by Crippen LogP contribution is 2.36. The Labute approximate surface area is 197 Å². The number of rotatable bonds is 3. The minimum Gasteiger partial charge on any atom is -0.353 e. The predicted molar refractivity (Wildman–Crippen MR) is 129 cm³/mol. The topological polar surface area (TPSA) is 62.2 Å². The zero-order chi connectivity index (χ0) is 23.2. The maximum absolute atomic E-state index is 13.7. The van der Waals surface area contributed by atoms with E-state index in [1.54, 1.807) is 18.5 Å². The molecule has 4 heterocycles. The molecule has 0 unspecified atom stereocenters. The van der Waals surface area contributed by atoms with E-state index in [1.165, 1.54) is 12.1 Å². The molecule has 0 N–H and O–H groups in total. The van der Waals surface area contributed by atoms with E-state index in [2.05, 4.69) is 14.9 Å². The molecule has 2 fully saturated rings. The Morgan fingerprint density at radius 1 is 1.03 bits per heavy atom. The number of likely N-dealkylation sites (tertiary alicyclic amines) is 1. The van der Waals surface area contributed by atoms with Crippen molar-refractivity contribution >= 4 is 22.8 Å². The second-order valence-corrected chi connectivity index (χ2v) is 9.14. The maximum atomic E-state index is 13.7. The highest BCUT2D eigenvalue weighted by atomic mass is 19.1. The van der Waals surface area contributed by atoms with Crippen molar-refractivity contribution in [1.82, 2.24) is 19.9 Å². The third-order valence-corrected chi connectivity index (χ3v) is 6.98. The predicted octanol–water partition coefficient (Wildman–Crippen LogP) is 4.49. The van der Waals surface area contributed by atoms with Crippen LogP contribution < -0.4 is 4.90 Å². The average molecular weight is 454 g/mol. The van der Waals surface area contributed by atoms with Crippen LogP contribution in [0.4, 0.5) is 10.2 Å². The van der Waals surface area contributed by atoms with E-state index in [4.69, 9.17) is 4.98 Å². The number of hydrogen-bond acceptors (Lipinski definition) is 5. The van der Waals surface area contributed by atoms with Crippen LogP contribution >= 0.6 is 0 Å². The van der Waals surface area contributed by atoms with Gasteiger partial charge < -0.3 is 9.80 Å². The third kappa shape index (κ3) is 3.57. The summed E-state index contributed by atoms with van der Waals surface area (Å²) in [7, 11) is 0. The van der Waals surface area contributed by atoms with Gasteiger partial charge in [0.2, 0.25) is 0 Å². The van der Waals surface area contributed by atoms with Crippen LogP contribution in [0.3, 0.4) is 0 Å². The Kier molecular flexibility index (Phi) is 4.98. The van der Waals surface area contributed by atoms with Crippen LogP contribution in [0, 0.1) is 18.7 Å². The molecule has 2 aromatic carbocycles. The second kappa shape index (κ2) is 8.17. The number of aryl methyl sites for hydroxylation is 1. The lowest BCUT2D eigenvalue weighted by atomic mass is 9.81. The molecule has 7 heteroatoms. The van der Waals surface area contributed by atoms with Gasteiger partial charge in [-0.3, -0.25) is 14.8 Å². The van der Waals surface area contributed by atoms with Crippen molar-refractivity contribution in [3.05, 3.63) is 83.9 Å². The van der Waals surface area contributed by atoms with Gasteiger partial charge in [0, 0.05) is 48.9 Å². The summed E-state index contributed by atoms with van der Waals surface area (Å²) in [6.45, 7) is 4.36. The summed E-state index contributed by atoms with van der Waals surface area (Å²) in [6, 6.07) is 16.3. The van der Waals surface area contributed by atoms with Crippen molar-refractivity contribution in [2.45, 2.75) is 19.4 Å². The maximum Gasteiger partial charge on any atom is 0.254 e. The number of carbonyl (C=O) groups is 1. The van der Waals surface area contributed by atoms with Gasteiger partial charge in [-0.2, -0.15) is 0 Å². The van der Waals surface area contributed by atoms with Gasteiger partial charge in [-0.05, 0) is 43.7 Å². The molecule has 2 aliphatic heterocycles. The van der Waals surface area contributed by atoms with Crippen molar-refractivity contribution in [1.29, 1.82) is 0 Å². The molecule has 34 heavy (non-hydrogen) atoms. The molecular formula is C27H24FN5O. The molecule has 0 bridgehead atoms. The van der Waals surface area contributed by atoms with Crippen LogP contribution in [-0.2, 0) is 0 Å². The molecule has 4 aromatic rings. The van der Waals surface area contributed by atoms with Crippen LogP contribution in [0.2, 0.25) is 0 Å². The largest absolute Gasteiger partial charge is 0.353 e. The summed E-state index contributed by atoms with van der Waals surface area (Å²) in [5.74, 6) is 0.986. The van der Waals surface area contributed by atoms with Gasteiger partial charge in [-0.1, -0.05) is 23.8 Å². The lowest BCUT2D eigenvalue weighted by Gasteiger charge is -2.53. The fourth-order valence-corrected chi connectivity index (χ4v) is 5.10. The molecule has 0 spiro atoms. The van der Waals surface area contributed by atoms with E-state index in [1.807, 2.05) is 48.2 Å². The average Bonchev–Trinajstić information content (AvgIpc) is 2.85. The molecular weight excluding hydrogens is 429 g/mol. The molecule has 0 saturated carbocycles. The van der Waals surface area contributed by atoms with Gasteiger partial charge in [-0.25, -0.2) is 9.37 Å². The SMILES string of the molecule is Cc1ccc(-c2ccccn2)c(C(=O)N2C[C@H]3CCN(c4cnc5cc(F)ccc5n4)C[C@H]32)c1. The first kappa shape index (κ1) is 20.7. The number of pyridine rings is 1.